The molecule has 0 unspecified atom stereocenters. The first-order valence-corrected chi connectivity index (χ1v) is 7.90. The van der Waals surface area contributed by atoms with Gasteiger partial charge in [0.2, 0.25) is 0 Å². The quantitative estimate of drug-likeness (QED) is 0.259. The van der Waals surface area contributed by atoms with Crippen LogP contribution in [0.2, 0.25) is 0 Å². The Morgan fingerprint density at radius 3 is 0.794 bits per heavy atom. The second kappa shape index (κ2) is 69.9. The summed E-state index contributed by atoms with van der Waals surface area (Å²) in [5.41, 5.74) is 11.3. The molecule has 2 fully saturated rings. The van der Waals surface area contributed by atoms with Crippen LogP contribution in [0.4, 0.5) is 0 Å². The number of hydrogen-bond acceptors (Lipinski definition) is 14. The molecular formula is C18H24CuN14W-8. The van der Waals surface area contributed by atoms with Gasteiger partial charge in [-0.2, -0.15) is 0 Å². The van der Waals surface area contributed by atoms with E-state index in [-0.39, 0.29) is 38.1 Å². The summed E-state index contributed by atoms with van der Waals surface area (Å²) in [4.78, 5) is 9.82. The Labute approximate surface area is 229 Å². The van der Waals surface area contributed by atoms with Gasteiger partial charge in [-0.1, -0.05) is 0 Å². The van der Waals surface area contributed by atoms with Gasteiger partial charge in [-0.3, -0.25) is 19.6 Å². The van der Waals surface area contributed by atoms with Gasteiger partial charge < -0.3 is 106 Å². The fraction of sp³-hybridized carbons (Fsp3) is 0.556. The molecule has 2 saturated heterocycles. The van der Waals surface area contributed by atoms with Crippen molar-refractivity contribution in [2.24, 2.45) is 11.5 Å². The van der Waals surface area contributed by atoms with E-state index in [0.29, 0.717) is 0 Å². The number of fused-ring (bicyclic) bond motifs is 3. The summed E-state index contributed by atoms with van der Waals surface area (Å²) in [5.74, 6) is 0. The topological polar surface area (TPSA) is 255 Å². The van der Waals surface area contributed by atoms with Crippen molar-refractivity contribution in [2.75, 3.05) is 65.9 Å². The van der Waals surface area contributed by atoms with Gasteiger partial charge in [-0.05, 0) is 0 Å². The molecular weight excluding hydrogens is 660 g/mol. The number of hydrogen-bond donors (Lipinski definition) is 2. The van der Waals surface area contributed by atoms with Crippen LogP contribution in [0.5, 0.6) is 0 Å². The van der Waals surface area contributed by atoms with Crippen LogP contribution in [0.25, 0.3) is 0 Å². The molecule has 14 nitrogen and oxygen atoms in total. The Morgan fingerprint density at radius 1 is 0.471 bits per heavy atom. The maximum absolute atomic E-state index is 6.25. The third-order valence-corrected chi connectivity index (χ3v) is 3.22. The molecule has 16 heteroatoms. The zero-order chi connectivity index (χ0) is 27.4. The molecule has 0 amide bonds. The molecule has 0 aromatic heterocycles. The molecule has 1 radical (unpaired) electrons. The van der Waals surface area contributed by atoms with Crippen molar-refractivity contribution in [1.29, 1.82) is 42.1 Å². The minimum atomic E-state index is 0. The van der Waals surface area contributed by atoms with Gasteiger partial charge in [0.05, 0.1) is 26.7 Å². The van der Waals surface area contributed by atoms with E-state index in [0.717, 1.165) is 65.9 Å². The third-order valence-electron chi connectivity index (χ3n) is 3.22. The molecule has 0 aromatic carbocycles. The summed E-state index contributed by atoms with van der Waals surface area (Å²) in [6, 6.07) is 0. The molecule has 2 aliphatic heterocycles. The van der Waals surface area contributed by atoms with Crippen molar-refractivity contribution in [3.05, 3.63) is 52.6 Å². The molecule has 2 bridgehead atoms. The maximum atomic E-state index is 6.25. The second-order valence-corrected chi connectivity index (χ2v) is 4.72. The molecule has 0 spiro atoms. The van der Waals surface area contributed by atoms with Crippen molar-refractivity contribution < 1.29 is 38.1 Å². The smallest absolute Gasteiger partial charge is 0.0531 e. The minimum absolute atomic E-state index is 0. The van der Waals surface area contributed by atoms with Crippen molar-refractivity contribution in [3.63, 3.8) is 0 Å². The Balaban J connectivity index is -0.0000000427. The van der Waals surface area contributed by atoms with E-state index in [9.17, 15) is 0 Å². The number of nitrogens with two attached hydrogens (primary N) is 2. The number of nitrogens with zero attached hydrogens (tertiary/aromatic N) is 12. The van der Waals surface area contributed by atoms with Crippen LogP contribution in [0.3, 0.4) is 0 Å². The molecule has 0 aromatic rings. The zero-order valence-electron chi connectivity index (χ0n) is 18.3. The first-order valence-electron chi connectivity index (χ1n) is 7.90. The van der Waals surface area contributed by atoms with Crippen molar-refractivity contribution >= 4 is 0 Å². The van der Waals surface area contributed by atoms with Gasteiger partial charge in [-0.25, -0.2) is 0 Å². The van der Waals surface area contributed by atoms with E-state index in [2.05, 4.69) is 19.6 Å². The fourth-order valence-corrected chi connectivity index (χ4v) is 2.52. The molecule has 2 rings (SSSR count). The molecule has 2 heterocycles. The summed E-state index contributed by atoms with van der Waals surface area (Å²) >= 11 is 0. The van der Waals surface area contributed by atoms with E-state index < -0.39 is 0 Å². The summed E-state index contributed by atoms with van der Waals surface area (Å²) in [6.07, 6.45) is 0. The van der Waals surface area contributed by atoms with Crippen molar-refractivity contribution in [1.82, 2.24) is 19.6 Å². The minimum Gasteiger partial charge on any atom is -0.512 e. The largest absolute Gasteiger partial charge is 0.512 e. The standard InChI is InChI=1S/C10H24N6.8CN.Cu.W/c11-1-3-13-7-15-5-6-16(8-13)10-14(9-15)4-2-12;8*1-2;;/h1-12H2;;;;;;;;;;/q;8*-1;;. The van der Waals surface area contributed by atoms with Gasteiger partial charge in [0.25, 0.3) is 0 Å². The molecule has 34 heavy (non-hydrogen) atoms. The summed E-state index contributed by atoms with van der Waals surface area (Å²) < 4.78 is 0. The van der Waals surface area contributed by atoms with Gasteiger partial charge in [-0.15, -0.1) is 0 Å². The van der Waals surface area contributed by atoms with E-state index >= 15 is 0 Å². The monoisotopic (exact) mass is 683 g/mol. The maximum Gasteiger partial charge on any atom is 0.0531 e. The van der Waals surface area contributed by atoms with Crippen LogP contribution in [0.1, 0.15) is 0 Å². The van der Waals surface area contributed by atoms with Crippen LogP contribution >= 0.6 is 0 Å². The van der Waals surface area contributed by atoms with Crippen LogP contribution in [-0.4, -0.2) is 85.5 Å². The molecule has 0 aliphatic carbocycles. The van der Waals surface area contributed by atoms with E-state index in [1.54, 1.807) is 0 Å². The van der Waals surface area contributed by atoms with Gasteiger partial charge in [0, 0.05) is 77.4 Å². The van der Waals surface area contributed by atoms with Gasteiger partial charge >= 0.3 is 0 Å². The first kappa shape index (κ1) is 57.6. The Bertz CT molecular complexity index is 409. The predicted octanol–water partition coefficient (Wildman–Crippen LogP) is -1.27. The van der Waals surface area contributed by atoms with Gasteiger partial charge in [0.1, 0.15) is 0 Å². The van der Waals surface area contributed by atoms with Crippen molar-refractivity contribution in [2.45, 2.75) is 0 Å². The van der Waals surface area contributed by atoms with Crippen LogP contribution in [0, 0.1) is 94.7 Å². The van der Waals surface area contributed by atoms with Crippen LogP contribution < -0.4 is 11.5 Å². The Morgan fingerprint density at radius 2 is 0.647 bits per heavy atom. The summed E-state index contributed by atoms with van der Waals surface area (Å²) in [6.45, 7) is 47.9. The average molecular weight is 684 g/mol. The Hall–Kier alpha value is -3.11. The molecule has 0 atom stereocenters. The first-order chi connectivity index (χ1) is 15.8. The molecule has 191 valence electrons. The van der Waals surface area contributed by atoms with Crippen molar-refractivity contribution in [3.8, 4) is 0 Å². The van der Waals surface area contributed by atoms with E-state index in [1.165, 1.54) is 0 Å². The second-order valence-electron chi connectivity index (χ2n) is 4.72. The SMILES string of the molecule is NCCN1CN2CCN(C1)CN(CCN)C2.[C-]#N.[C-]#N.[C-]#N.[C-]#N.[C-]#N.[C-]#N.[C-]#N.[C-]#N.[Cu].[W]. The Kier molecular flexibility index (Phi) is 118. The van der Waals surface area contributed by atoms with Crippen LogP contribution in [0.15, 0.2) is 0 Å². The average Bonchev–Trinajstić information content (AvgIpc) is 3.22. The predicted molar refractivity (Wildman–Crippen MR) is 104 cm³/mol. The van der Waals surface area contributed by atoms with Crippen LogP contribution in [-0.2, 0) is 38.1 Å². The summed E-state index contributed by atoms with van der Waals surface area (Å²) in [5, 5.41) is 50.0. The third kappa shape index (κ3) is 39.4. The zero-order valence-corrected chi connectivity index (χ0v) is 22.2. The van der Waals surface area contributed by atoms with E-state index in [4.69, 9.17) is 106 Å². The number of rotatable bonds is 4. The normalized spacial score (nSPS) is 15.8. The van der Waals surface area contributed by atoms with E-state index in [1.807, 2.05) is 0 Å². The van der Waals surface area contributed by atoms with Gasteiger partial charge in [0.15, 0.2) is 0 Å². The summed E-state index contributed by atoms with van der Waals surface area (Å²) in [7, 11) is 0. The molecule has 4 N–H and O–H groups in total. The molecule has 0 saturated carbocycles. The fourth-order valence-electron chi connectivity index (χ4n) is 2.52. The molecule has 2 aliphatic rings.